The van der Waals surface area contributed by atoms with E-state index >= 15 is 0 Å². The summed E-state index contributed by atoms with van der Waals surface area (Å²) in [4.78, 5) is 28.2. The molecule has 6 N–H and O–H groups in total. The predicted molar refractivity (Wildman–Crippen MR) is 172 cm³/mol. The van der Waals surface area contributed by atoms with Crippen molar-refractivity contribution in [1.29, 1.82) is 0 Å². The number of hydrogen-bond acceptors (Lipinski definition) is 5. The Morgan fingerprint density at radius 2 is 1.47 bits per heavy atom. The second-order valence-corrected chi connectivity index (χ2v) is 10.9. The zero-order chi connectivity index (χ0) is 33.6. The number of alkyl halides is 3. The van der Waals surface area contributed by atoms with Gasteiger partial charge in [-0.3, -0.25) is 9.36 Å². The number of para-hydroxylation sites is 2. The number of carboxylic acid groups (broad SMARTS) is 1. The van der Waals surface area contributed by atoms with Gasteiger partial charge in [-0.25, -0.2) is 4.79 Å². The standard InChI is InChI=1S/C32H33N7O.C2HF3O2/c1-2-21-11-14-24(15-12-21)39-30(16-13-22-19-34-27-9-5-3-7-25(22)27)37-38-32(39)29(36-31(40)18-33)17-23-20-35-28-10-6-4-8-26(23)28;3-2(4,5)1(6)7/h3-12,14-15,19-20,29,34-35H,2,13,16-18,33H2,1H3,(H,36,40);(H,6,7)/t29-;/m1./s1. The molecule has 47 heavy (non-hydrogen) atoms. The summed E-state index contributed by atoms with van der Waals surface area (Å²) in [5.74, 6) is -1.46. The molecule has 1 atom stereocenters. The van der Waals surface area contributed by atoms with E-state index in [-0.39, 0.29) is 12.5 Å². The number of aromatic nitrogens is 5. The third kappa shape index (κ3) is 7.69. The van der Waals surface area contributed by atoms with Crippen LogP contribution in [0.3, 0.4) is 0 Å². The lowest BCUT2D eigenvalue weighted by Gasteiger charge is -2.20. The summed E-state index contributed by atoms with van der Waals surface area (Å²) in [5.41, 5.74) is 12.5. The molecule has 6 rings (SSSR count). The Morgan fingerprint density at radius 1 is 0.894 bits per heavy atom. The molecule has 1 amide bonds. The van der Waals surface area contributed by atoms with Gasteiger partial charge in [0.1, 0.15) is 5.82 Å². The molecule has 0 aliphatic carbocycles. The first-order valence-corrected chi connectivity index (χ1v) is 15.0. The third-order valence-corrected chi connectivity index (χ3v) is 7.82. The average Bonchev–Trinajstić information content (AvgIpc) is 3.80. The minimum atomic E-state index is -5.08. The highest BCUT2D eigenvalue weighted by Crippen LogP contribution is 2.27. The molecule has 13 heteroatoms. The van der Waals surface area contributed by atoms with Crippen LogP contribution in [0.4, 0.5) is 13.2 Å². The van der Waals surface area contributed by atoms with Gasteiger partial charge in [0.15, 0.2) is 5.82 Å². The smallest absolute Gasteiger partial charge is 0.475 e. The van der Waals surface area contributed by atoms with E-state index in [1.54, 1.807) is 0 Å². The minimum absolute atomic E-state index is 0.100. The number of nitrogens with two attached hydrogens (primary N) is 1. The fourth-order valence-corrected chi connectivity index (χ4v) is 5.45. The number of fused-ring (bicyclic) bond motifs is 2. The number of benzene rings is 3. The van der Waals surface area contributed by atoms with E-state index in [0.717, 1.165) is 46.3 Å². The van der Waals surface area contributed by atoms with Crippen LogP contribution in [0.15, 0.2) is 85.2 Å². The Hall–Kier alpha value is -5.43. The SMILES string of the molecule is CCc1ccc(-n2c(CCc3c[nH]c4ccccc34)nnc2[C@@H](Cc2c[nH]c3ccccc23)NC(=O)CN)cc1.O=C(O)C(F)(F)F. The molecule has 0 fully saturated rings. The number of carboxylic acids is 1. The van der Waals surface area contributed by atoms with Crippen LogP contribution in [0.1, 0.15) is 41.3 Å². The van der Waals surface area contributed by atoms with Crippen molar-refractivity contribution in [2.45, 2.75) is 44.8 Å². The van der Waals surface area contributed by atoms with Crippen molar-refractivity contribution < 1.29 is 27.9 Å². The van der Waals surface area contributed by atoms with E-state index in [0.29, 0.717) is 18.7 Å². The molecule has 3 aromatic carbocycles. The van der Waals surface area contributed by atoms with Crippen LogP contribution in [0, 0.1) is 0 Å². The fraction of sp³-hybridized carbons (Fsp3) is 0.235. The third-order valence-electron chi connectivity index (χ3n) is 7.82. The maximum atomic E-state index is 12.6. The van der Waals surface area contributed by atoms with Crippen molar-refractivity contribution in [3.8, 4) is 5.69 Å². The highest BCUT2D eigenvalue weighted by molar-refractivity contribution is 5.84. The number of aliphatic carboxylic acids is 1. The van der Waals surface area contributed by atoms with Crippen molar-refractivity contribution in [3.05, 3.63) is 114 Å². The van der Waals surface area contributed by atoms with E-state index in [1.165, 1.54) is 16.5 Å². The Labute approximate surface area is 267 Å². The highest BCUT2D eigenvalue weighted by atomic mass is 19.4. The van der Waals surface area contributed by atoms with Crippen LogP contribution in [0.25, 0.3) is 27.5 Å². The molecule has 10 nitrogen and oxygen atoms in total. The van der Waals surface area contributed by atoms with Crippen LogP contribution in [0.2, 0.25) is 0 Å². The normalized spacial score (nSPS) is 12.1. The quantitative estimate of drug-likeness (QED) is 0.131. The minimum Gasteiger partial charge on any atom is -0.475 e. The van der Waals surface area contributed by atoms with E-state index < -0.39 is 18.2 Å². The Bertz CT molecular complexity index is 1980. The van der Waals surface area contributed by atoms with E-state index in [1.807, 2.05) is 30.5 Å². The molecule has 244 valence electrons. The van der Waals surface area contributed by atoms with Crippen LogP contribution in [-0.2, 0) is 35.3 Å². The molecule has 0 radical (unpaired) electrons. The second kappa shape index (κ2) is 14.3. The van der Waals surface area contributed by atoms with Gasteiger partial charge in [0.25, 0.3) is 0 Å². The molecular formula is C34H34F3N7O3. The average molecular weight is 646 g/mol. The van der Waals surface area contributed by atoms with Gasteiger partial charge in [-0.05, 0) is 53.8 Å². The lowest BCUT2D eigenvalue weighted by molar-refractivity contribution is -0.192. The summed E-state index contributed by atoms with van der Waals surface area (Å²) in [6.45, 7) is 2.04. The zero-order valence-electron chi connectivity index (χ0n) is 25.5. The molecule has 3 heterocycles. The van der Waals surface area contributed by atoms with Crippen molar-refractivity contribution >= 4 is 33.7 Å². The first-order valence-electron chi connectivity index (χ1n) is 15.0. The predicted octanol–water partition coefficient (Wildman–Crippen LogP) is 5.57. The van der Waals surface area contributed by atoms with Crippen molar-refractivity contribution in [1.82, 2.24) is 30.0 Å². The van der Waals surface area contributed by atoms with Gasteiger partial charge in [0.05, 0.1) is 12.6 Å². The molecule has 0 aliphatic heterocycles. The molecular weight excluding hydrogens is 611 g/mol. The number of halogens is 3. The lowest BCUT2D eigenvalue weighted by atomic mass is 10.0. The number of amides is 1. The van der Waals surface area contributed by atoms with Gasteiger partial charge in [-0.1, -0.05) is 55.5 Å². The maximum absolute atomic E-state index is 12.6. The number of nitrogens with zero attached hydrogens (tertiary/aromatic N) is 3. The number of carbonyl (C=O) groups is 2. The van der Waals surface area contributed by atoms with Gasteiger partial charge in [-0.2, -0.15) is 13.2 Å². The fourth-order valence-electron chi connectivity index (χ4n) is 5.45. The zero-order valence-corrected chi connectivity index (χ0v) is 25.5. The summed E-state index contributed by atoms with van der Waals surface area (Å²) >= 11 is 0. The molecule has 0 saturated heterocycles. The van der Waals surface area contributed by atoms with Gasteiger partial charge in [-0.15, -0.1) is 10.2 Å². The number of hydrogen-bond donors (Lipinski definition) is 5. The molecule has 0 unspecified atom stereocenters. The number of rotatable bonds is 10. The summed E-state index contributed by atoms with van der Waals surface area (Å²) in [6.07, 6.45) is 1.99. The first-order chi connectivity index (χ1) is 22.6. The Balaban J connectivity index is 0.000000559. The summed E-state index contributed by atoms with van der Waals surface area (Å²) < 4.78 is 33.8. The molecule has 3 aromatic heterocycles. The number of nitrogens with one attached hydrogen (secondary N) is 3. The summed E-state index contributed by atoms with van der Waals surface area (Å²) in [7, 11) is 0. The van der Waals surface area contributed by atoms with E-state index in [2.05, 4.69) is 91.7 Å². The van der Waals surface area contributed by atoms with Gasteiger partial charge in [0.2, 0.25) is 5.91 Å². The Kier molecular flexibility index (Phi) is 10.0. The number of aromatic amines is 2. The van der Waals surface area contributed by atoms with E-state index in [9.17, 15) is 18.0 Å². The molecule has 0 aliphatic rings. The number of H-pyrrole nitrogens is 2. The van der Waals surface area contributed by atoms with Crippen LogP contribution in [0.5, 0.6) is 0 Å². The van der Waals surface area contributed by atoms with Crippen molar-refractivity contribution in [3.63, 3.8) is 0 Å². The first kappa shape index (κ1) is 32.9. The van der Waals surface area contributed by atoms with Crippen LogP contribution >= 0.6 is 0 Å². The number of carbonyl (C=O) groups excluding carboxylic acids is 1. The van der Waals surface area contributed by atoms with Gasteiger partial charge < -0.3 is 26.1 Å². The van der Waals surface area contributed by atoms with Crippen LogP contribution in [-0.4, -0.2) is 54.4 Å². The Morgan fingerprint density at radius 3 is 2.04 bits per heavy atom. The van der Waals surface area contributed by atoms with Gasteiger partial charge >= 0.3 is 12.1 Å². The van der Waals surface area contributed by atoms with Crippen molar-refractivity contribution in [2.24, 2.45) is 5.73 Å². The monoisotopic (exact) mass is 645 g/mol. The molecule has 0 spiro atoms. The summed E-state index contributed by atoms with van der Waals surface area (Å²) in [5, 5.41) is 21.9. The van der Waals surface area contributed by atoms with E-state index in [4.69, 9.17) is 15.6 Å². The molecule has 0 saturated carbocycles. The van der Waals surface area contributed by atoms with Gasteiger partial charge in [0, 0.05) is 52.7 Å². The largest absolute Gasteiger partial charge is 0.490 e. The maximum Gasteiger partial charge on any atom is 0.490 e. The molecule has 6 aromatic rings. The topological polar surface area (TPSA) is 155 Å². The van der Waals surface area contributed by atoms with Crippen LogP contribution < -0.4 is 11.1 Å². The second-order valence-electron chi connectivity index (χ2n) is 10.9. The highest BCUT2D eigenvalue weighted by Gasteiger charge is 2.38. The molecule has 0 bridgehead atoms. The lowest BCUT2D eigenvalue weighted by Crippen LogP contribution is -2.36. The number of aryl methyl sites for hydroxylation is 3. The summed E-state index contributed by atoms with van der Waals surface area (Å²) in [6, 6.07) is 24.5. The van der Waals surface area contributed by atoms with Crippen molar-refractivity contribution in [2.75, 3.05) is 6.54 Å².